The first kappa shape index (κ1) is 19.1. The van der Waals surface area contributed by atoms with Crippen molar-refractivity contribution in [2.24, 2.45) is 0 Å². The largest absolute Gasteiger partial charge is 0.450 e. The number of carbonyl (C=O) groups is 2. The fourth-order valence-corrected chi connectivity index (χ4v) is 2.46. The lowest BCUT2D eigenvalue weighted by Crippen LogP contribution is -2.40. The van der Waals surface area contributed by atoms with Crippen molar-refractivity contribution in [3.8, 4) is 11.4 Å². The number of nitrogens with one attached hydrogen (secondary N) is 1. The smallest absolute Gasteiger partial charge is 0.413 e. The average molecular weight is 411 g/mol. The molecule has 0 aliphatic heterocycles. The van der Waals surface area contributed by atoms with Crippen LogP contribution < -0.4 is 5.32 Å². The molecule has 0 aliphatic carbocycles. The van der Waals surface area contributed by atoms with Gasteiger partial charge in [0.2, 0.25) is 17.6 Å². The molecular formula is C16H19BrN4O4. The summed E-state index contributed by atoms with van der Waals surface area (Å²) < 4.78 is 10.8. The zero-order valence-electron chi connectivity index (χ0n) is 14.0. The number of alkyl carbamates (subject to hydrolysis) is 1. The van der Waals surface area contributed by atoms with Crippen LogP contribution in [0, 0.1) is 0 Å². The monoisotopic (exact) mass is 410 g/mol. The Morgan fingerprint density at radius 1 is 1.36 bits per heavy atom. The third-order valence-electron chi connectivity index (χ3n) is 3.24. The third-order valence-corrected chi connectivity index (χ3v) is 3.73. The quantitative estimate of drug-likeness (QED) is 0.748. The topological polar surface area (TPSA) is 97.6 Å². The van der Waals surface area contributed by atoms with Gasteiger partial charge in [-0.25, -0.2) is 4.79 Å². The molecule has 8 nitrogen and oxygen atoms in total. The second-order valence-corrected chi connectivity index (χ2v) is 6.01. The molecule has 0 unspecified atom stereocenters. The number of carbonyl (C=O) groups excluding carboxylic acids is 2. The molecule has 134 valence electrons. The van der Waals surface area contributed by atoms with E-state index in [1.54, 1.807) is 11.8 Å². The van der Waals surface area contributed by atoms with Crippen molar-refractivity contribution in [1.82, 2.24) is 20.4 Å². The van der Waals surface area contributed by atoms with Gasteiger partial charge in [-0.15, -0.1) is 0 Å². The molecule has 0 spiro atoms. The summed E-state index contributed by atoms with van der Waals surface area (Å²) in [6.45, 7) is 4.66. The molecule has 2 amide bonds. The fourth-order valence-electron chi connectivity index (χ4n) is 2.06. The molecule has 25 heavy (non-hydrogen) atoms. The van der Waals surface area contributed by atoms with Crippen molar-refractivity contribution in [3.63, 3.8) is 0 Å². The molecule has 0 saturated carbocycles. The summed E-state index contributed by atoms with van der Waals surface area (Å²) in [5.74, 6) is 0.413. The van der Waals surface area contributed by atoms with Crippen molar-refractivity contribution in [1.29, 1.82) is 0 Å². The normalized spacial score (nSPS) is 10.7. The van der Waals surface area contributed by atoms with Crippen LogP contribution >= 0.6 is 15.9 Å². The molecule has 1 heterocycles. The minimum absolute atomic E-state index is 0.0178. The molecule has 0 radical (unpaired) electrons. The summed E-state index contributed by atoms with van der Waals surface area (Å²) in [7, 11) is 0. The van der Waals surface area contributed by atoms with Crippen LogP contribution in [0.5, 0.6) is 0 Å². The van der Waals surface area contributed by atoms with Gasteiger partial charge in [0.1, 0.15) is 0 Å². The number of benzene rings is 1. The van der Waals surface area contributed by atoms with E-state index in [1.165, 1.54) is 0 Å². The summed E-state index contributed by atoms with van der Waals surface area (Å²) in [6, 6.07) is 7.56. The van der Waals surface area contributed by atoms with E-state index >= 15 is 0 Å². The lowest BCUT2D eigenvalue weighted by atomic mass is 10.2. The zero-order chi connectivity index (χ0) is 18.2. The Bertz CT molecular complexity index is 734. The highest BCUT2D eigenvalue weighted by atomic mass is 79.9. The molecule has 0 bridgehead atoms. The Morgan fingerprint density at radius 3 is 2.84 bits per heavy atom. The Kier molecular flexibility index (Phi) is 7.08. The summed E-state index contributed by atoms with van der Waals surface area (Å²) in [6.07, 6.45) is -0.752. The average Bonchev–Trinajstić information content (AvgIpc) is 3.03. The van der Waals surface area contributed by atoms with Gasteiger partial charge in [-0.05, 0) is 25.6 Å². The first-order valence-electron chi connectivity index (χ1n) is 7.79. The number of aromatic nitrogens is 2. The number of imide groups is 1. The van der Waals surface area contributed by atoms with E-state index < -0.39 is 12.0 Å². The van der Waals surface area contributed by atoms with E-state index in [4.69, 9.17) is 4.52 Å². The fraction of sp³-hybridized carbons (Fsp3) is 0.375. The maximum atomic E-state index is 11.8. The predicted molar refractivity (Wildman–Crippen MR) is 93.5 cm³/mol. The van der Waals surface area contributed by atoms with E-state index in [0.29, 0.717) is 24.8 Å². The lowest BCUT2D eigenvalue weighted by molar-refractivity contribution is -0.121. The summed E-state index contributed by atoms with van der Waals surface area (Å²) in [5, 5.41) is 6.11. The molecule has 2 aromatic rings. The molecule has 0 aliphatic rings. The summed E-state index contributed by atoms with van der Waals surface area (Å²) in [5.41, 5.74) is 0.826. The van der Waals surface area contributed by atoms with E-state index in [1.807, 2.05) is 31.2 Å². The predicted octanol–water partition coefficient (Wildman–Crippen LogP) is 2.59. The molecular weight excluding hydrogens is 392 g/mol. The van der Waals surface area contributed by atoms with Crippen molar-refractivity contribution < 1.29 is 18.8 Å². The zero-order valence-corrected chi connectivity index (χ0v) is 15.6. The van der Waals surface area contributed by atoms with Gasteiger partial charge in [-0.2, -0.15) is 4.98 Å². The third kappa shape index (κ3) is 5.95. The molecule has 0 fully saturated rings. The van der Waals surface area contributed by atoms with E-state index in [-0.39, 0.29) is 13.2 Å². The van der Waals surface area contributed by atoms with Crippen LogP contribution in [-0.4, -0.2) is 46.7 Å². The molecule has 2 rings (SSSR count). The van der Waals surface area contributed by atoms with Gasteiger partial charge in [-0.3, -0.25) is 15.0 Å². The van der Waals surface area contributed by atoms with Crippen LogP contribution in [0.3, 0.4) is 0 Å². The Hall–Kier alpha value is -2.26. The van der Waals surface area contributed by atoms with Crippen LogP contribution in [0.15, 0.2) is 33.3 Å². The Labute approximate surface area is 153 Å². The highest BCUT2D eigenvalue weighted by molar-refractivity contribution is 9.10. The number of likely N-dealkylation sites (N-methyl/N-ethyl adjacent to an activating group) is 1. The van der Waals surface area contributed by atoms with Crippen molar-refractivity contribution in [3.05, 3.63) is 34.6 Å². The van der Waals surface area contributed by atoms with Crippen molar-refractivity contribution in [2.45, 2.75) is 20.4 Å². The minimum atomic E-state index is -0.752. The van der Waals surface area contributed by atoms with Crippen LogP contribution in [0.1, 0.15) is 19.7 Å². The molecule has 0 atom stereocenters. The van der Waals surface area contributed by atoms with E-state index in [0.717, 1.165) is 10.0 Å². The maximum Gasteiger partial charge on any atom is 0.413 e. The van der Waals surface area contributed by atoms with Gasteiger partial charge >= 0.3 is 6.09 Å². The van der Waals surface area contributed by atoms with Crippen LogP contribution in [0.2, 0.25) is 0 Å². The minimum Gasteiger partial charge on any atom is -0.450 e. The molecule has 1 N–H and O–H groups in total. The van der Waals surface area contributed by atoms with Crippen molar-refractivity contribution >= 4 is 27.9 Å². The number of hydrogen-bond donors (Lipinski definition) is 1. The molecule has 0 saturated heterocycles. The Morgan fingerprint density at radius 2 is 2.16 bits per heavy atom. The van der Waals surface area contributed by atoms with Gasteiger partial charge in [0, 0.05) is 10.0 Å². The van der Waals surface area contributed by atoms with Crippen LogP contribution in [0.25, 0.3) is 11.4 Å². The molecule has 1 aromatic heterocycles. The van der Waals surface area contributed by atoms with E-state index in [2.05, 4.69) is 36.1 Å². The Balaban J connectivity index is 1.95. The van der Waals surface area contributed by atoms with Crippen molar-refractivity contribution in [2.75, 3.05) is 19.7 Å². The highest BCUT2D eigenvalue weighted by Crippen LogP contribution is 2.20. The van der Waals surface area contributed by atoms with Gasteiger partial charge < -0.3 is 9.26 Å². The number of nitrogens with zero attached hydrogens (tertiary/aromatic N) is 3. The first-order chi connectivity index (χ1) is 12.0. The second-order valence-electron chi connectivity index (χ2n) is 5.09. The van der Waals surface area contributed by atoms with E-state index in [9.17, 15) is 9.59 Å². The standard InChI is InChI=1S/C16H19BrN4O4/c1-3-21(9-13(22)18-16(23)24-4-2)10-14-19-15(20-25-14)11-6-5-7-12(17)8-11/h5-8H,3-4,9-10H2,1-2H3,(H,18,22,23). The molecule has 1 aromatic carbocycles. The number of hydrogen-bond acceptors (Lipinski definition) is 7. The number of amides is 2. The number of halogens is 1. The summed E-state index contributed by atoms with van der Waals surface area (Å²) >= 11 is 3.40. The maximum absolute atomic E-state index is 11.8. The summed E-state index contributed by atoms with van der Waals surface area (Å²) in [4.78, 5) is 29.2. The van der Waals surface area contributed by atoms with Crippen LogP contribution in [-0.2, 0) is 16.1 Å². The number of rotatable bonds is 7. The lowest BCUT2D eigenvalue weighted by Gasteiger charge is -2.16. The van der Waals surface area contributed by atoms with Gasteiger partial charge in [0.15, 0.2) is 0 Å². The van der Waals surface area contributed by atoms with Gasteiger partial charge in [0.25, 0.3) is 0 Å². The van der Waals surface area contributed by atoms with Crippen LogP contribution in [0.4, 0.5) is 4.79 Å². The van der Waals surface area contributed by atoms with Gasteiger partial charge in [-0.1, -0.05) is 40.1 Å². The second kappa shape index (κ2) is 9.28. The van der Waals surface area contributed by atoms with Gasteiger partial charge in [0.05, 0.1) is 19.7 Å². The highest BCUT2D eigenvalue weighted by Gasteiger charge is 2.16. The molecule has 9 heteroatoms. The first-order valence-corrected chi connectivity index (χ1v) is 8.58. The SMILES string of the molecule is CCOC(=O)NC(=O)CN(CC)Cc1nc(-c2cccc(Br)c2)no1. The number of ether oxygens (including phenoxy) is 1.